The van der Waals surface area contributed by atoms with Crippen LogP contribution in [0.1, 0.15) is 30.7 Å². The lowest BCUT2D eigenvalue weighted by molar-refractivity contribution is -0.131. The molecule has 0 spiro atoms. The van der Waals surface area contributed by atoms with Crippen LogP contribution in [-0.4, -0.2) is 71.7 Å². The number of aromatic nitrogens is 3. The van der Waals surface area contributed by atoms with E-state index in [-0.39, 0.29) is 5.91 Å². The normalized spacial score (nSPS) is 13.3. The van der Waals surface area contributed by atoms with Crippen molar-refractivity contribution < 1.29 is 14.3 Å². The maximum atomic E-state index is 12.9. The van der Waals surface area contributed by atoms with Crippen LogP contribution in [0.2, 0.25) is 0 Å². The molecule has 214 valence electrons. The molecule has 1 aliphatic heterocycles. The maximum Gasteiger partial charge on any atom is 0.222 e. The number of piperazine rings is 1. The Morgan fingerprint density at radius 3 is 2.29 bits per heavy atom. The maximum absolute atomic E-state index is 12.9. The van der Waals surface area contributed by atoms with E-state index >= 15 is 0 Å². The molecule has 1 saturated heterocycles. The molecule has 1 aromatic heterocycles. The van der Waals surface area contributed by atoms with Gasteiger partial charge in [0.25, 0.3) is 0 Å². The Balaban J connectivity index is 1.13. The third kappa shape index (κ3) is 7.21. The monoisotopic (exact) mass is 571 g/mol. The summed E-state index contributed by atoms with van der Waals surface area (Å²) in [4.78, 5) is 17.2. The van der Waals surface area contributed by atoms with E-state index in [4.69, 9.17) is 9.47 Å². The lowest BCUT2D eigenvalue weighted by Crippen LogP contribution is -2.48. The number of anilines is 1. The predicted octanol–water partition coefficient (Wildman–Crippen LogP) is 5.49. The van der Waals surface area contributed by atoms with Gasteiger partial charge in [0, 0.05) is 50.5 Å². The largest absolute Gasteiger partial charge is 0.497 e. The van der Waals surface area contributed by atoms with E-state index in [1.807, 2.05) is 65.6 Å². The molecule has 0 bridgehead atoms. The molecule has 3 aromatic carbocycles. The molecule has 1 fully saturated rings. The Morgan fingerprint density at radius 1 is 0.829 bits per heavy atom. The fourth-order valence-electron chi connectivity index (χ4n) is 5.06. The molecule has 8 nitrogen and oxygen atoms in total. The predicted molar refractivity (Wildman–Crippen MR) is 164 cm³/mol. The number of nitrogens with zero attached hydrogens (tertiary/aromatic N) is 5. The van der Waals surface area contributed by atoms with Crippen LogP contribution in [0.5, 0.6) is 11.5 Å². The van der Waals surface area contributed by atoms with E-state index in [0.29, 0.717) is 12.8 Å². The van der Waals surface area contributed by atoms with E-state index in [9.17, 15) is 4.79 Å². The van der Waals surface area contributed by atoms with Crippen LogP contribution in [0, 0.1) is 0 Å². The van der Waals surface area contributed by atoms with Gasteiger partial charge in [-0.2, -0.15) is 0 Å². The molecule has 0 radical (unpaired) electrons. The van der Waals surface area contributed by atoms with Gasteiger partial charge < -0.3 is 19.3 Å². The summed E-state index contributed by atoms with van der Waals surface area (Å²) in [5, 5.41) is 9.94. The van der Waals surface area contributed by atoms with Crippen molar-refractivity contribution >= 4 is 23.4 Å². The number of carbonyl (C=O) groups is 1. The number of thioether (sulfide) groups is 1. The second-order valence-corrected chi connectivity index (χ2v) is 11.0. The summed E-state index contributed by atoms with van der Waals surface area (Å²) in [5.74, 6) is 3.69. The third-order valence-electron chi connectivity index (χ3n) is 7.31. The van der Waals surface area contributed by atoms with Gasteiger partial charge in [0.05, 0.1) is 19.9 Å². The summed E-state index contributed by atoms with van der Waals surface area (Å²) in [5.41, 5.74) is 3.29. The Hall–Kier alpha value is -3.98. The van der Waals surface area contributed by atoms with Gasteiger partial charge >= 0.3 is 0 Å². The zero-order valence-corrected chi connectivity index (χ0v) is 24.6. The van der Waals surface area contributed by atoms with Crippen molar-refractivity contribution in [2.45, 2.75) is 30.8 Å². The average molecular weight is 572 g/mol. The minimum Gasteiger partial charge on any atom is -0.497 e. The Kier molecular flexibility index (Phi) is 9.80. The van der Waals surface area contributed by atoms with Crippen LogP contribution >= 0.6 is 11.8 Å². The molecule has 5 rings (SSSR count). The number of rotatable bonds is 12. The molecule has 0 N–H and O–H groups in total. The number of unbranched alkanes of at least 4 members (excludes halogenated alkanes) is 1. The number of carbonyl (C=O) groups excluding carboxylic acids is 1. The molecule has 0 atom stereocenters. The fraction of sp³-hybridized carbons (Fsp3) is 0.344. The Bertz CT molecular complexity index is 1400. The highest BCUT2D eigenvalue weighted by Gasteiger charge is 2.22. The van der Waals surface area contributed by atoms with E-state index in [1.165, 1.54) is 5.56 Å². The SMILES string of the molecule is COc1ccc(-n2c(Cc3ccccc3)nnc2SCCCCC(=O)N2CCN(c3ccccc3OC)CC2)cc1. The number of ether oxygens (including phenoxy) is 2. The molecule has 1 amide bonds. The first-order valence-corrected chi connectivity index (χ1v) is 15.1. The zero-order valence-electron chi connectivity index (χ0n) is 23.7. The number of hydrogen-bond donors (Lipinski definition) is 0. The van der Waals surface area contributed by atoms with Crippen molar-refractivity contribution in [3.05, 3.63) is 90.3 Å². The van der Waals surface area contributed by atoms with Crippen LogP contribution in [0.25, 0.3) is 5.69 Å². The number of methoxy groups -OCH3 is 2. The van der Waals surface area contributed by atoms with Crippen LogP contribution in [0.15, 0.2) is 84.0 Å². The lowest BCUT2D eigenvalue weighted by Gasteiger charge is -2.36. The van der Waals surface area contributed by atoms with E-state index in [1.54, 1.807) is 26.0 Å². The molecule has 4 aromatic rings. The number of para-hydroxylation sites is 2. The number of benzene rings is 3. The summed E-state index contributed by atoms with van der Waals surface area (Å²) in [6, 6.07) is 26.4. The number of hydrogen-bond acceptors (Lipinski definition) is 7. The van der Waals surface area contributed by atoms with E-state index in [2.05, 4.69) is 37.9 Å². The molecule has 0 unspecified atom stereocenters. The highest BCUT2D eigenvalue weighted by molar-refractivity contribution is 7.99. The lowest BCUT2D eigenvalue weighted by atomic mass is 10.1. The Morgan fingerprint density at radius 2 is 1.56 bits per heavy atom. The third-order valence-corrected chi connectivity index (χ3v) is 8.33. The van der Waals surface area contributed by atoms with Gasteiger partial charge in [-0.05, 0) is 54.8 Å². The average Bonchev–Trinajstić information content (AvgIpc) is 3.43. The molecular weight excluding hydrogens is 534 g/mol. The first-order chi connectivity index (χ1) is 20.2. The van der Waals surface area contributed by atoms with Gasteiger partial charge in [-0.25, -0.2) is 0 Å². The molecule has 0 saturated carbocycles. The van der Waals surface area contributed by atoms with Gasteiger partial charge in [0.15, 0.2) is 5.16 Å². The Labute approximate surface area is 246 Å². The second-order valence-electron chi connectivity index (χ2n) is 9.94. The highest BCUT2D eigenvalue weighted by atomic mass is 32.2. The van der Waals surface area contributed by atoms with Crippen molar-refractivity contribution in [1.82, 2.24) is 19.7 Å². The van der Waals surface area contributed by atoms with Crippen molar-refractivity contribution in [3.8, 4) is 17.2 Å². The molecular formula is C32H37N5O3S. The van der Waals surface area contributed by atoms with Crippen LogP contribution < -0.4 is 14.4 Å². The molecule has 2 heterocycles. The summed E-state index contributed by atoms with van der Waals surface area (Å²) in [7, 11) is 3.37. The second kappa shape index (κ2) is 14.1. The topological polar surface area (TPSA) is 72.7 Å². The molecule has 9 heteroatoms. The molecule has 41 heavy (non-hydrogen) atoms. The van der Waals surface area contributed by atoms with Crippen molar-refractivity contribution in [1.29, 1.82) is 0 Å². The van der Waals surface area contributed by atoms with Gasteiger partial charge in [-0.15, -0.1) is 10.2 Å². The highest BCUT2D eigenvalue weighted by Crippen LogP contribution is 2.29. The smallest absolute Gasteiger partial charge is 0.222 e. The molecule has 0 aliphatic carbocycles. The minimum atomic E-state index is 0.237. The standard InChI is InChI=1S/C32H37N5O3S/c1-39-27-17-15-26(16-18-27)37-30(24-25-10-4-3-5-11-25)33-34-32(37)41-23-9-8-14-31(38)36-21-19-35(20-22-36)28-12-6-7-13-29(28)40-2/h3-7,10-13,15-18H,8-9,14,19-24H2,1-2H3. The molecule has 1 aliphatic rings. The van der Waals surface area contributed by atoms with Gasteiger partial charge in [-0.1, -0.05) is 54.2 Å². The summed E-state index contributed by atoms with van der Waals surface area (Å²) in [6.07, 6.45) is 3.05. The quantitative estimate of drug-likeness (QED) is 0.165. The number of amides is 1. The van der Waals surface area contributed by atoms with Gasteiger partial charge in [0.1, 0.15) is 17.3 Å². The van der Waals surface area contributed by atoms with E-state index < -0.39 is 0 Å². The minimum absolute atomic E-state index is 0.237. The van der Waals surface area contributed by atoms with Crippen molar-refractivity contribution in [2.24, 2.45) is 0 Å². The van der Waals surface area contributed by atoms with Gasteiger partial charge in [-0.3, -0.25) is 9.36 Å². The van der Waals surface area contributed by atoms with Crippen molar-refractivity contribution in [3.63, 3.8) is 0 Å². The van der Waals surface area contributed by atoms with Crippen molar-refractivity contribution in [2.75, 3.05) is 51.1 Å². The first-order valence-electron chi connectivity index (χ1n) is 14.1. The first kappa shape index (κ1) is 28.5. The van der Waals surface area contributed by atoms with Gasteiger partial charge in [0.2, 0.25) is 5.91 Å². The summed E-state index contributed by atoms with van der Waals surface area (Å²) < 4.78 is 13.0. The van der Waals surface area contributed by atoms with E-state index in [0.717, 1.165) is 78.6 Å². The summed E-state index contributed by atoms with van der Waals surface area (Å²) in [6.45, 7) is 3.10. The van der Waals surface area contributed by atoms with Crippen LogP contribution in [-0.2, 0) is 11.2 Å². The van der Waals surface area contributed by atoms with Crippen LogP contribution in [0.3, 0.4) is 0 Å². The summed E-state index contributed by atoms with van der Waals surface area (Å²) >= 11 is 1.69. The zero-order chi connectivity index (χ0) is 28.4. The van der Waals surface area contributed by atoms with Crippen LogP contribution in [0.4, 0.5) is 5.69 Å². The fourth-order valence-corrected chi connectivity index (χ4v) is 6.03.